The Morgan fingerprint density at radius 2 is 1.50 bits per heavy atom. The average Bonchev–Trinajstić information content (AvgIpc) is 2.29. The Hall–Kier alpha value is -1.60. The Balaban J connectivity index is 2.65. The lowest BCUT2D eigenvalue weighted by Gasteiger charge is -2.08. The van der Waals surface area contributed by atoms with Gasteiger partial charge in [0.05, 0.1) is 0 Å². The molecule has 1 nitrogen and oxygen atoms in total. The summed E-state index contributed by atoms with van der Waals surface area (Å²) < 4.78 is 0. The molecule has 2 aromatic rings. The molecule has 0 spiro atoms. The van der Waals surface area contributed by atoms with Crippen molar-refractivity contribution < 1.29 is 4.79 Å². The van der Waals surface area contributed by atoms with Crippen molar-refractivity contribution in [3.8, 4) is 11.1 Å². The number of carbonyl (C=O) groups excluding carboxylic acids is 1. The quantitative estimate of drug-likeness (QED) is 0.707. The third-order valence-corrected chi connectivity index (χ3v) is 2.80. The molecule has 2 rings (SSSR count). The van der Waals surface area contributed by atoms with E-state index in [1.807, 2.05) is 48.5 Å². The van der Waals surface area contributed by atoms with Gasteiger partial charge in [-0.15, -0.1) is 0 Å². The maximum absolute atomic E-state index is 11.5. The number of ketones is 1. The molecule has 0 heterocycles. The van der Waals surface area contributed by atoms with E-state index in [1.54, 1.807) is 6.92 Å². The molecule has 0 aliphatic heterocycles. The highest BCUT2D eigenvalue weighted by Crippen LogP contribution is 2.30. The lowest BCUT2D eigenvalue weighted by molar-refractivity contribution is 0.101. The molecule has 2 aromatic carbocycles. The van der Waals surface area contributed by atoms with Gasteiger partial charge in [0.2, 0.25) is 0 Å². The molecule has 0 unspecified atom stereocenters. The van der Waals surface area contributed by atoms with E-state index in [4.69, 9.17) is 11.6 Å². The fourth-order valence-electron chi connectivity index (χ4n) is 1.70. The molecular weight excluding hydrogens is 220 g/mol. The van der Waals surface area contributed by atoms with Gasteiger partial charge in [-0.05, 0) is 18.6 Å². The fraction of sp³-hybridized carbons (Fsp3) is 0.0714. The molecule has 0 aliphatic rings. The first-order chi connectivity index (χ1) is 7.70. The van der Waals surface area contributed by atoms with Crippen molar-refractivity contribution in [2.75, 3.05) is 0 Å². The number of carbonyl (C=O) groups is 1. The molecule has 0 saturated carbocycles. The van der Waals surface area contributed by atoms with Crippen LogP contribution in [-0.4, -0.2) is 5.78 Å². The van der Waals surface area contributed by atoms with Crippen molar-refractivity contribution in [2.45, 2.75) is 6.92 Å². The Morgan fingerprint density at radius 3 is 2.12 bits per heavy atom. The zero-order valence-corrected chi connectivity index (χ0v) is 9.66. The minimum absolute atomic E-state index is 0.0514. The molecule has 0 N–H and O–H groups in total. The van der Waals surface area contributed by atoms with Crippen LogP contribution in [0.5, 0.6) is 0 Å². The molecule has 0 fully saturated rings. The number of halogens is 1. The Morgan fingerprint density at radius 1 is 0.938 bits per heavy atom. The van der Waals surface area contributed by atoms with Crippen LogP contribution in [0, 0.1) is 0 Å². The summed E-state index contributed by atoms with van der Waals surface area (Å²) in [4.78, 5) is 11.5. The summed E-state index contributed by atoms with van der Waals surface area (Å²) in [7, 11) is 0. The average molecular weight is 231 g/mol. The zero-order chi connectivity index (χ0) is 11.5. The zero-order valence-electron chi connectivity index (χ0n) is 8.91. The lowest BCUT2D eigenvalue weighted by Crippen LogP contribution is -1.95. The van der Waals surface area contributed by atoms with Crippen molar-refractivity contribution >= 4 is 17.4 Å². The number of hydrogen-bond donors (Lipinski definition) is 0. The van der Waals surface area contributed by atoms with Crippen LogP contribution in [-0.2, 0) is 0 Å². The molecule has 16 heavy (non-hydrogen) atoms. The molecule has 80 valence electrons. The van der Waals surface area contributed by atoms with Crippen LogP contribution in [0.1, 0.15) is 17.3 Å². The predicted octanol–water partition coefficient (Wildman–Crippen LogP) is 4.21. The summed E-state index contributed by atoms with van der Waals surface area (Å²) in [5.41, 5.74) is 2.49. The van der Waals surface area contributed by atoms with E-state index in [1.165, 1.54) is 0 Å². The van der Waals surface area contributed by atoms with Gasteiger partial charge in [-0.2, -0.15) is 0 Å². The minimum atomic E-state index is 0.0514. The summed E-state index contributed by atoms with van der Waals surface area (Å²) in [5, 5.41) is 0.663. The number of benzene rings is 2. The van der Waals surface area contributed by atoms with E-state index >= 15 is 0 Å². The molecule has 0 atom stereocenters. The smallest absolute Gasteiger partial charge is 0.160 e. The molecule has 0 bridgehead atoms. The fourth-order valence-corrected chi connectivity index (χ4v) is 1.94. The van der Waals surface area contributed by atoms with Crippen molar-refractivity contribution in [2.24, 2.45) is 0 Å². The number of hydrogen-bond acceptors (Lipinski definition) is 1. The third-order valence-electron chi connectivity index (χ3n) is 2.47. The number of rotatable bonds is 2. The van der Waals surface area contributed by atoms with Crippen LogP contribution in [0.3, 0.4) is 0 Å². The first-order valence-corrected chi connectivity index (χ1v) is 5.43. The van der Waals surface area contributed by atoms with Gasteiger partial charge in [0.25, 0.3) is 0 Å². The standard InChI is InChI=1S/C14H11ClO/c1-10(16)11-6-2-3-7-12(11)13-8-4-5-9-14(13)15/h2-9H,1H3. The monoisotopic (exact) mass is 230 g/mol. The second kappa shape index (κ2) is 4.50. The van der Waals surface area contributed by atoms with Gasteiger partial charge in [0.15, 0.2) is 5.78 Å². The Bertz CT molecular complexity index is 532. The normalized spacial score (nSPS) is 10.1. The first-order valence-electron chi connectivity index (χ1n) is 5.05. The van der Waals surface area contributed by atoms with Crippen LogP contribution >= 0.6 is 11.6 Å². The summed E-state index contributed by atoms with van der Waals surface area (Å²) >= 11 is 6.12. The van der Waals surface area contributed by atoms with E-state index in [0.29, 0.717) is 10.6 Å². The van der Waals surface area contributed by atoms with Crippen LogP contribution in [0.15, 0.2) is 48.5 Å². The summed E-state index contributed by atoms with van der Waals surface area (Å²) in [6.07, 6.45) is 0. The van der Waals surface area contributed by atoms with Gasteiger partial charge in [-0.1, -0.05) is 54.1 Å². The second-order valence-corrected chi connectivity index (χ2v) is 3.99. The van der Waals surface area contributed by atoms with Gasteiger partial charge in [-0.3, -0.25) is 4.79 Å². The van der Waals surface area contributed by atoms with Crippen LogP contribution < -0.4 is 0 Å². The summed E-state index contributed by atoms with van der Waals surface area (Å²) in [6, 6.07) is 15.0. The van der Waals surface area contributed by atoms with E-state index in [9.17, 15) is 4.79 Å². The Labute approximate surface area is 99.7 Å². The summed E-state index contributed by atoms with van der Waals surface area (Å²) in [5.74, 6) is 0.0514. The molecule has 2 heteroatoms. The van der Waals surface area contributed by atoms with Crippen LogP contribution in [0.25, 0.3) is 11.1 Å². The maximum atomic E-state index is 11.5. The van der Waals surface area contributed by atoms with Crippen molar-refractivity contribution in [3.05, 3.63) is 59.1 Å². The minimum Gasteiger partial charge on any atom is -0.294 e. The highest BCUT2D eigenvalue weighted by Gasteiger charge is 2.10. The van der Waals surface area contributed by atoms with Crippen molar-refractivity contribution in [1.82, 2.24) is 0 Å². The van der Waals surface area contributed by atoms with Crippen LogP contribution in [0.4, 0.5) is 0 Å². The topological polar surface area (TPSA) is 17.1 Å². The van der Waals surface area contributed by atoms with Gasteiger partial charge < -0.3 is 0 Å². The van der Waals surface area contributed by atoms with Gasteiger partial charge in [0, 0.05) is 16.1 Å². The molecule has 0 radical (unpaired) electrons. The highest BCUT2D eigenvalue weighted by atomic mass is 35.5. The van der Waals surface area contributed by atoms with Gasteiger partial charge in [-0.25, -0.2) is 0 Å². The largest absolute Gasteiger partial charge is 0.294 e. The predicted molar refractivity (Wildman–Crippen MR) is 66.9 cm³/mol. The summed E-state index contributed by atoms with van der Waals surface area (Å²) in [6.45, 7) is 1.57. The van der Waals surface area contributed by atoms with E-state index < -0.39 is 0 Å². The molecule has 0 amide bonds. The number of Topliss-reactive ketones (excluding diaryl/α,β-unsaturated/α-hetero) is 1. The van der Waals surface area contributed by atoms with Crippen molar-refractivity contribution in [1.29, 1.82) is 0 Å². The lowest BCUT2D eigenvalue weighted by atomic mass is 9.98. The highest BCUT2D eigenvalue weighted by molar-refractivity contribution is 6.33. The van der Waals surface area contributed by atoms with Crippen LogP contribution in [0.2, 0.25) is 5.02 Å². The third kappa shape index (κ3) is 2.00. The Kier molecular flexibility index (Phi) is 3.07. The second-order valence-electron chi connectivity index (χ2n) is 3.58. The van der Waals surface area contributed by atoms with Gasteiger partial charge in [0.1, 0.15) is 0 Å². The van der Waals surface area contributed by atoms with Gasteiger partial charge >= 0.3 is 0 Å². The molecular formula is C14H11ClO. The van der Waals surface area contributed by atoms with E-state index in [0.717, 1.165) is 11.1 Å². The SMILES string of the molecule is CC(=O)c1ccccc1-c1ccccc1Cl. The van der Waals surface area contributed by atoms with Crippen molar-refractivity contribution in [3.63, 3.8) is 0 Å². The maximum Gasteiger partial charge on any atom is 0.160 e. The molecule has 0 aliphatic carbocycles. The first kappa shape index (κ1) is 10.9. The van der Waals surface area contributed by atoms with E-state index in [2.05, 4.69) is 0 Å². The van der Waals surface area contributed by atoms with E-state index in [-0.39, 0.29) is 5.78 Å². The molecule has 0 saturated heterocycles. The molecule has 0 aromatic heterocycles.